The lowest BCUT2D eigenvalue weighted by Gasteiger charge is -2.02. The number of nitrogens with zero attached hydrogens (tertiary/aromatic N) is 4. The van der Waals surface area contributed by atoms with Crippen LogP contribution in [-0.2, 0) is 11.3 Å². The van der Waals surface area contributed by atoms with Crippen LogP contribution in [0.3, 0.4) is 0 Å². The summed E-state index contributed by atoms with van der Waals surface area (Å²) >= 11 is 0. The quantitative estimate of drug-likeness (QED) is 0.841. The van der Waals surface area contributed by atoms with E-state index in [9.17, 15) is 14.0 Å². The topological polar surface area (TPSA) is 113 Å². The number of hydrogen-bond acceptors (Lipinski definition) is 6. The average molecular weight is 265 g/mol. The van der Waals surface area contributed by atoms with Gasteiger partial charge >= 0.3 is 6.09 Å². The Morgan fingerprint density at radius 1 is 1.42 bits per heavy atom. The third kappa shape index (κ3) is 3.09. The first kappa shape index (κ1) is 12.6. The first-order chi connectivity index (χ1) is 9.06. The number of primary amides is 1. The molecule has 8 nitrogen and oxygen atoms in total. The molecule has 1 aromatic heterocycles. The summed E-state index contributed by atoms with van der Waals surface area (Å²) in [5, 5.41) is 9.96. The van der Waals surface area contributed by atoms with Crippen LogP contribution in [0.15, 0.2) is 24.3 Å². The number of tetrazole rings is 1. The Morgan fingerprint density at radius 2 is 2.21 bits per heavy atom. The summed E-state index contributed by atoms with van der Waals surface area (Å²) in [7, 11) is 0. The van der Waals surface area contributed by atoms with Gasteiger partial charge in [0, 0.05) is 0 Å². The van der Waals surface area contributed by atoms with Crippen molar-refractivity contribution in [1.82, 2.24) is 20.2 Å². The summed E-state index contributed by atoms with van der Waals surface area (Å²) in [6, 6.07) is 5.55. The number of benzene rings is 1. The third-order valence-electron chi connectivity index (χ3n) is 2.05. The highest BCUT2D eigenvalue weighted by atomic mass is 19.1. The first-order valence-electron chi connectivity index (χ1n) is 5.07. The van der Waals surface area contributed by atoms with Crippen LogP contribution in [0.25, 0.3) is 0 Å². The fourth-order valence-electron chi connectivity index (χ4n) is 1.22. The SMILES string of the molecule is NC(=O)c1nnn(C(=O)OCc2cccc(F)c2)n1. The van der Waals surface area contributed by atoms with Crippen molar-refractivity contribution in [3.63, 3.8) is 0 Å². The van der Waals surface area contributed by atoms with Crippen molar-refractivity contribution in [2.75, 3.05) is 0 Å². The Hall–Kier alpha value is -2.84. The van der Waals surface area contributed by atoms with Crippen molar-refractivity contribution in [2.24, 2.45) is 5.73 Å². The van der Waals surface area contributed by atoms with Gasteiger partial charge in [-0.2, -0.15) is 0 Å². The van der Waals surface area contributed by atoms with Crippen LogP contribution in [-0.4, -0.2) is 32.2 Å². The second-order valence-electron chi connectivity index (χ2n) is 3.45. The lowest BCUT2D eigenvalue weighted by molar-refractivity contribution is 0.0990. The van der Waals surface area contributed by atoms with Gasteiger partial charge in [0.2, 0.25) is 0 Å². The lowest BCUT2D eigenvalue weighted by atomic mass is 10.2. The molecule has 1 amide bonds. The molecular formula is C10H8FN5O3. The highest BCUT2D eigenvalue weighted by Gasteiger charge is 2.14. The minimum Gasteiger partial charge on any atom is -0.442 e. The molecule has 2 N–H and O–H groups in total. The predicted octanol–water partition coefficient (Wildman–Crippen LogP) is 0.0960. The summed E-state index contributed by atoms with van der Waals surface area (Å²) in [5.74, 6) is -1.75. The molecule has 0 aliphatic carbocycles. The molecule has 0 aliphatic heterocycles. The van der Waals surface area contributed by atoms with E-state index in [0.29, 0.717) is 10.4 Å². The van der Waals surface area contributed by atoms with Crippen molar-refractivity contribution in [3.05, 3.63) is 41.5 Å². The molecule has 0 spiro atoms. The van der Waals surface area contributed by atoms with Crippen LogP contribution in [0, 0.1) is 5.82 Å². The van der Waals surface area contributed by atoms with Gasteiger partial charge in [-0.1, -0.05) is 16.9 Å². The third-order valence-corrected chi connectivity index (χ3v) is 2.05. The number of rotatable bonds is 3. The second-order valence-corrected chi connectivity index (χ2v) is 3.45. The summed E-state index contributed by atoms with van der Waals surface area (Å²) in [4.78, 5) is 22.7. The van der Waals surface area contributed by atoms with Crippen LogP contribution >= 0.6 is 0 Å². The number of nitrogens with two attached hydrogens (primary N) is 1. The molecule has 1 aromatic carbocycles. The summed E-state index contributed by atoms with van der Waals surface area (Å²) in [6.45, 7) is -0.163. The maximum atomic E-state index is 12.9. The van der Waals surface area contributed by atoms with Gasteiger partial charge in [0.1, 0.15) is 12.4 Å². The van der Waals surface area contributed by atoms with E-state index in [-0.39, 0.29) is 6.61 Å². The molecule has 1 heterocycles. The molecule has 0 atom stereocenters. The fourth-order valence-corrected chi connectivity index (χ4v) is 1.22. The Kier molecular flexibility index (Phi) is 3.46. The van der Waals surface area contributed by atoms with Crippen LogP contribution in [0.2, 0.25) is 0 Å². The van der Waals surface area contributed by atoms with Crippen molar-refractivity contribution < 1.29 is 18.7 Å². The van der Waals surface area contributed by atoms with E-state index in [1.165, 1.54) is 18.2 Å². The molecule has 2 aromatic rings. The molecule has 9 heteroatoms. The van der Waals surface area contributed by atoms with Crippen LogP contribution < -0.4 is 5.73 Å². The molecule has 0 aliphatic rings. The van der Waals surface area contributed by atoms with Gasteiger partial charge in [-0.15, -0.1) is 10.2 Å². The number of aromatic nitrogens is 4. The van der Waals surface area contributed by atoms with Gasteiger partial charge in [-0.05, 0) is 22.9 Å². The normalized spacial score (nSPS) is 10.2. The van der Waals surface area contributed by atoms with E-state index in [0.717, 1.165) is 0 Å². The van der Waals surface area contributed by atoms with E-state index in [2.05, 4.69) is 15.4 Å². The molecule has 0 fully saturated rings. The summed E-state index contributed by atoms with van der Waals surface area (Å²) in [6.07, 6.45) is -0.954. The van der Waals surface area contributed by atoms with Crippen molar-refractivity contribution in [3.8, 4) is 0 Å². The Morgan fingerprint density at radius 3 is 2.84 bits per heavy atom. The molecule has 2 rings (SSSR count). The Labute approximate surface area is 106 Å². The highest BCUT2D eigenvalue weighted by molar-refractivity contribution is 5.88. The zero-order valence-corrected chi connectivity index (χ0v) is 9.49. The first-order valence-corrected chi connectivity index (χ1v) is 5.07. The maximum absolute atomic E-state index is 12.9. The van der Waals surface area contributed by atoms with Crippen molar-refractivity contribution in [1.29, 1.82) is 0 Å². The predicted molar refractivity (Wildman–Crippen MR) is 58.3 cm³/mol. The van der Waals surface area contributed by atoms with Gasteiger partial charge in [-0.25, -0.2) is 9.18 Å². The zero-order valence-electron chi connectivity index (χ0n) is 9.49. The van der Waals surface area contributed by atoms with E-state index in [1.807, 2.05) is 0 Å². The molecule has 98 valence electrons. The number of carbonyl (C=O) groups is 2. The standard InChI is InChI=1S/C10H8FN5O3/c11-7-3-1-2-6(4-7)5-19-10(18)16-14-9(8(12)17)13-15-16/h1-4H,5H2,(H2,12,17). The van der Waals surface area contributed by atoms with Crippen molar-refractivity contribution in [2.45, 2.75) is 6.61 Å². The van der Waals surface area contributed by atoms with Gasteiger partial charge in [0.25, 0.3) is 11.7 Å². The Bertz CT molecular complexity index is 627. The largest absolute Gasteiger partial charge is 0.454 e. The number of carbonyl (C=O) groups excluding carboxylic acids is 2. The monoisotopic (exact) mass is 265 g/mol. The number of halogens is 1. The van der Waals surface area contributed by atoms with Gasteiger partial charge in [-0.3, -0.25) is 4.79 Å². The molecule has 0 bridgehead atoms. The minimum atomic E-state index is -0.954. The van der Waals surface area contributed by atoms with Gasteiger partial charge in [0.15, 0.2) is 0 Å². The van der Waals surface area contributed by atoms with Gasteiger partial charge < -0.3 is 10.5 Å². The molecule has 19 heavy (non-hydrogen) atoms. The van der Waals surface area contributed by atoms with E-state index >= 15 is 0 Å². The molecule has 0 saturated heterocycles. The van der Waals surface area contributed by atoms with Crippen molar-refractivity contribution >= 4 is 12.0 Å². The van der Waals surface area contributed by atoms with Crippen LogP contribution in [0.1, 0.15) is 16.2 Å². The molecular weight excluding hydrogens is 257 g/mol. The lowest BCUT2D eigenvalue weighted by Crippen LogP contribution is -2.18. The fraction of sp³-hybridized carbons (Fsp3) is 0.100. The maximum Gasteiger partial charge on any atom is 0.454 e. The van der Waals surface area contributed by atoms with E-state index in [4.69, 9.17) is 10.5 Å². The van der Waals surface area contributed by atoms with Gasteiger partial charge in [0.05, 0.1) is 0 Å². The number of ether oxygens (including phenoxy) is 1. The minimum absolute atomic E-state index is 0.163. The highest BCUT2D eigenvalue weighted by Crippen LogP contribution is 2.05. The second kappa shape index (κ2) is 5.21. The van der Waals surface area contributed by atoms with E-state index in [1.54, 1.807) is 6.07 Å². The molecule has 0 saturated carbocycles. The Balaban J connectivity index is 1.99. The molecule has 0 unspecified atom stereocenters. The van der Waals surface area contributed by atoms with Crippen LogP contribution in [0.5, 0.6) is 0 Å². The van der Waals surface area contributed by atoms with Crippen LogP contribution in [0.4, 0.5) is 9.18 Å². The molecule has 0 radical (unpaired) electrons. The summed E-state index contributed by atoms with van der Waals surface area (Å²) < 4.78 is 17.7. The van der Waals surface area contributed by atoms with E-state index < -0.39 is 23.6 Å². The average Bonchev–Trinajstić information content (AvgIpc) is 2.86. The summed E-state index contributed by atoms with van der Waals surface area (Å²) in [5.41, 5.74) is 5.36. The number of hydrogen-bond donors (Lipinski definition) is 1. The smallest absolute Gasteiger partial charge is 0.442 e. The zero-order chi connectivity index (χ0) is 13.8. The number of amides is 1.